The summed E-state index contributed by atoms with van der Waals surface area (Å²) in [6.45, 7) is -0.706. The minimum Gasteiger partial charge on any atom is -0.456 e. The first kappa shape index (κ1) is 20.5. The lowest BCUT2D eigenvalue weighted by molar-refractivity contribution is -0.148. The van der Waals surface area contributed by atoms with Crippen LogP contribution in [0.1, 0.15) is 22.5 Å². The van der Waals surface area contributed by atoms with Crippen LogP contribution in [0.25, 0.3) is 0 Å². The van der Waals surface area contributed by atoms with Gasteiger partial charge in [0, 0.05) is 6.42 Å². The van der Waals surface area contributed by atoms with E-state index in [2.05, 4.69) is 5.32 Å². The number of para-hydroxylation sites is 1. The average molecular weight is 413 g/mol. The van der Waals surface area contributed by atoms with Crippen molar-refractivity contribution in [1.82, 2.24) is 5.32 Å². The Morgan fingerprint density at radius 1 is 1.07 bits per heavy atom. The molecule has 0 atom stereocenters. The Labute approximate surface area is 162 Å². The number of imide groups is 1. The van der Waals surface area contributed by atoms with E-state index in [1.54, 1.807) is 12.1 Å². The molecule has 27 heavy (non-hydrogen) atoms. The van der Waals surface area contributed by atoms with Crippen molar-refractivity contribution in [3.63, 3.8) is 0 Å². The SMILES string of the molecule is O=C(COC(=O)CCC(=O)c1ccc(Cl)s1)NC(=O)Nc1ccccc1F. The van der Waals surface area contributed by atoms with Gasteiger partial charge in [0.1, 0.15) is 5.82 Å². The monoisotopic (exact) mass is 412 g/mol. The van der Waals surface area contributed by atoms with Crippen LogP contribution in [0.2, 0.25) is 4.34 Å². The van der Waals surface area contributed by atoms with E-state index >= 15 is 0 Å². The number of carbonyl (C=O) groups excluding carboxylic acids is 4. The maximum atomic E-state index is 13.4. The van der Waals surface area contributed by atoms with Gasteiger partial charge in [-0.2, -0.15) is 0 Å². The van der Waals surface area contributed by atoms with Gasteiger partial charge in [0.25, 0.3) is 5.91 Å². The van der Waals surface area contributed by atoms with Crippen LogP contribution in [-0.2, 0) is 14.3 Å². The third kappa shape index (κ3) is 6.80. The quantitative estimate of drug-likeness (QED) is 0.536. The molecule has 2 rings (SSSR count). The first-order valence-electron chi connectivity index (χ1n) is 7.64. The van der Waals surface area contributed by atoms with Crippen LogP contribution in [0.15, 0.2) is 36.4 Å². The molecule has 2 N–H and O–H groups in total. The maximum Gasteiger partial charge on any atom is 0.326 e. The lowest BCUT2D eigenvalue weighted by Gasteiger charge is -2.08. The highest BCUT2D eigenvalue weighted by molar-refractivity contribution is 7.18. The molecule has 0 fully saturated rings. The van der Waals surface area contributed by atoms with Crippen LogP contribution in [0.3, 0.4) is 0 Å². The molecule has 0 saturated carbocycles. The predicted octanol–water partition coefficient (Wildman–Crippen LogP) is 3.40. The molecule has 10 heteroatoms. The molecule has 0 saturated heterocycles. The Hall–Kier alpha value is -2.78. The molecule has 0 unspecified atom stereocenters. The number of carbonyl (C=O) groups is 4. The fraction of sp³-hybridized carbons (Fsp3) is 0.176. The summed E-state index contributed by atoms with van der Waals surface area (Å²) in [6.07, 6.45) is -0.311. The first-order valence-corrected chi connectivity index (χ1v) is 8.84. The molecule has 142 valence electrons. The van der Waals surface area contributed by atoms with Crippen LogP contribution in [0.4, 0.5) is 14.9 Å². The molecular weight excluding hydrogens is 399 g/mol. The van der Waals surface area contributed by atoms with E-state index in [4.69, 9.17) is 16.3 Å². The van der Waals surface area contributed by atoms with Crippen LogP contribution >= 0.6 is 22.9 Å². The minimum atomic E-state index is -0.967. The number of urea groups is 1. The van der Waals surface area contributed by atoms with Crippen LogP contribution < -0.4 is 10.6 Å². The maximum absolute atomic E-state index is 13.4. The molecule has 2 aromatic rings. The highest BCUT2D eigenvalue weighted by Gasteiger charge is 2.15. The number of ether oxygens (including phenoxy) is 1. The van der Waals surface area contributed by atoms with Gasteiger partial charge < -0.3 is 10.1 Å². The van der Waals surface area contributed by atoms with Gasteiger partial charge in [-0.25, -0.2) is 9.18 Å². The standard InChI is InChI=1S/C17H14ClFN2O5S/c18-14-7-6-13(27-14)12(22)5-8-16(24)26-9-15(23)21-17(25)20-11-4-2-1-3-10(11)19/h1-4,6-7H,5,8-9H2,(H2,20,21,23,25). The predicted molar refractivity (Wildman–Crippen MR) is 97.4 cm³/mol. The number of rotatable bonds is 7. The van der Waals surface area contributed by atoms with E-state index in [0.717, 1.165) is 17.4 Å². The second-order valence-electron chi connectivity index (χ2n) is 5.17. The lowest BCUT2D eigenvalue weighted by atomic mass is 10.2. The molecule has 1 aromatic carbocycles. The fourth-order valence-electron chi connectivity index (χ4n) is 1.90. The Bertz CT molecular complexity index is 871. The van der Waals surface area contributed by atoms with Gasteiger partial charge in [-0.3, -0.25) is 19.7 Å². The van der Waals surface area contributed by atoms with E-state index < -0.39 is 30.3 Å². The van der Waals surface area contributed by atoms with Crippen molar-refractivity contribution in [1.29, 1.82) is 0 Å². The number of hydrogen-bond acceptors (Lipinski definition) is 6. The minimum absolute atomic E-state index is 0.0922. The summed E-state index contributed by atoms with van der Waals surface area (Å²) in [7, 11) is 0. The van der Waals surface area contributed by atoms with E-state index in [-0.39, 0.29) is 24.3 Å². The van der Waals surface area contributed by atoms with Gasteiger partial charge in [-0.05, 0) is 24.3 Å². The highest BCUT2D eigenvalue weighted by Crippen LogP contribution is 2.22. The largest absolute Gasteiger partial charge is 0.456 e. The van der Waals surface area contributed by atoms with Gasteiger partial charge in [-0.15, -0.1) is 11.3 Å². The number of nitrogens with one attached hydrogen (secondary N) is 2. The molecular formula is C17H14ClFN2O5S. The molecule has 0 aliphatic carbocycles. The van der Waals surface area contributed by atoms with Crippen molar-refractivity contribution in [2.75, 3.05) is 11.9 Å². The number of amides is 3. The zero-order chi connectivity index (χ0) is 19.8. The second-order valence-corrected chi connectivity index (χ2v) is 6.88. The zero-order valence-electron chi connectivity index (χ0n) is 13.8. The van der Waals surface area contributed by atoms with Gasteiger partial charge in [0.15, 0.2) is 12.4 Å². The normalized spacial score (nSPS) is 10.1. The molecule has 0 radical (unpaired) electrons. The molecule has 0 aliphatic rings. The summed E-state index contributed by atoms with van der Waals surface area (Å²) >= 11 is 6.83. The number of esters is 1. The summed E-state index contributed by atoms with van der Waals surface area (Å²) in [5.74, 6) is -2.59. The number of halogens is 2. The third-order valence-corrected chi connectivity index (χ3v) is 4.42. The molecule has 1 heterocycles. The van der Waals surface area contributed by atoms with E-state index in [9.17, 15) is 23.6 Å². The highest BCUT2D eigenvalue weighted by atomic mass is 35.5. The third-order valence-electron chi connectivity index (χ3n) is 3.14. The first-order chi connectivity index (χ1) is 12.8. The summed E-state index contributed by atoms with van der Waals surface area (Å²) in [5, 5.41) is 4.04. The molecule has 0 aliphatic heterocycles. The number of Topliss-reactive ketones (excluding diaryl/α,β-unsaturated/α-hetero) is 1. The average Bonchev–Trinajstić information content (AvgIpc) is 3.06. The lowest BCUT2D eigenvalue weighted by Crippen LogP contribution is -2.37. The number of thiophene rings is 1. The topological polar surface area (TPSA) is 102 Å². The van der Waals surface area contributed by atoms with E-state index in [0.29, 0.717) is 9.21 Å². The van der Waals surface area contributed by atoms with E-state index in [1.165, 1.54) is 18.2 Å². The van der Waals surface area contributed by atoms with Crippen molar-refractivity contribution < 1.29 is 28.3 Å². The van der Waals surface area contributed by atoms with Gasteiger partial charge in [0.05, 0.1) is 21.3 Å². The number of ketones is 1. The van der Waals surface area contributed by atoms with Crippen LogP contribution in [0.5, 0.6) is 0 Å². The van der Waals surface area contributed by atoms with Crippen LogP contribution in [-0.4, -0.2) is 30.3 Å². The van der Waals surface area contributed by atoms with Crippen molar-refractivity contribution in [3.05, 3.63) is 51.4 Å². The van der Waals surface area contributed by atoms with E-state index in [1.807, 2.05) is 5.32 Å². The Morgan fingerprint density at radius 3 is 2.48 bits per heavy atom. The fourth-order valence-corrected chi connectivity index (χ4v) is 2.91. The summed E-state index contributed by atoms with van der Waals surface area (Å²) < 4.78 is 18.5. The summed E-state index contributed by atoms with van der Waals surface area (Å²) in [6, 6.07) is 7.58. The molecule has 0 spiro atoms. The van der Waals surface area contributed by atoms with Crippen molar-refractivity contribution in [2.45, 2.75) is 12.8 Å². The van der Waals surface area contributed by atoms with Gasteiger partial charge in [0.2, 0.25) is 0 Å². The van der Waals surface area contributed by atoms with Crippen LogP contribution in [0, 0.1) is 5.82 Å². The zero-order valence-corrected chi connectivity index (χ0v) is 15.4. The van der Waals surface area contributed by atoms with Crippen molar-refractivity contribution in [2.24, 2.45) is 0 Å². The molecule has 7 nitrogen and oxygen atoms in total. The summed E-state index contributed by atoms with van der Waals surface area (Å²) in [5.41, 5.74) is -0.105. The van der Waals surface area contributed by atoms with Gasteiger partial charge >= 0.3 is 12.0 Å². The Balaban J connectivity index is 1.68. The number of hydrogen-bond donors (Lipinski definition) is 2. The van der Waals surface area contributed by atoms with Crippen molar-refractivity contribution in [3.8, 4) is 0 Å². The molecule has 0 bridgehead atoms. The number of benzene rings is 1. The molecule has 1 aromatic heterocycles. The second kappa shape index (κ2) is 9.79. The Kier molecular flexibility index (Phi) is 7.44. The Morgan fingerprint density at radius 2 is 1.81 bits per heavy atom. The summed E-state index contributed by atoms with van der Waals surface area (Å²) in [4.78, 5) is 47.0. The molecule has 3 amide bonds. The van der Waals surface area contributed by atoms with Gasteiger partial charge in [-0.1, -0.05) is 23.7 Å². The smallest absolute Gasteiger partial charge is 0.326 e. The van der Waals surface area contributed by atoms with Crippen molar-refractivity contribution >= 4 is 52.3 Å². The number of anilines is 1.